The lowest BCUT2D eigenvalue weighted by molar-refractivity contribution is -0.141. The summed E-state index contributed by atoms with van der Waals surface area (Å²) in [4.78, 5) is 32.0. The number of ketones is 1. The van der Waals surface area contributed by atoms with Gasteiger partial charge >= 0.3 is 5.97 Å². The molecule has 0 aromatic carbocycles. The van der Waals surface area contributed by atoms with Crippen LogP contribution in [0.2, 0.25) is 0 Å². The van der Waals surface area contributed by atoms with Crippen LogP contribution < -0.4 is 10.6 Å². The SMILES string of the molecule is CN[C@@H](CC(=O)NCC(C)=O)C(=O)O. The van der Waals surface area contributed by atoms with Gasteiger partial charge in [-0.05, 0) is 14.0 Å². The van der Waals surface area contributed by atoms with Crippen LogP contribution in [0.4, 0.5) is 0 Å². The summed E-state index contributed by atoms with van der Waals surface area (Å²) in [7, 11) is 1.46. The maximum Gasteiger partial charge on any atom is 0.321 e. The Bertz CT molecular complexity index is 239. The van der Waals surface area contributed by atoms with E-state index in [1.807, 2.05) is 0 Å². The van der Waals surface area contributed by atoms with Crippen molar-refractivity contribution in [2.75, 3.05) is 13.6 Å². The van der Waals surface area contributed by atoms with Crippen LogP contribution in [0.5, 0.6) is 0 Å². The minimum Gasteiger partial charge on any atom is -0.480 e. The third-order valence-electron chi connectivity index (χ3n) is 1.57. The van der Waals surface area contributed by atoms with E-state index in [-0.39, 0.29) is 18.7 Å². The standard InChI is InChI=1S/C8H14N2O4/c1-5(11)4-10-7(12)3-6(9-2)8(13)14/h6,9H,3-4H2,1-2H3,(H,10,12)(H,13,14)/t6-/m0/s1. The van der Waals surface area contributed by atoms with Crippen molar-refractivity contribution in [3.8, 4) is 0 Å². The summed E-state index contributed by atoms with van der Waals surface area (Å²) in [5, 5.41) is 13.4. The number of rotatable bonds is 6. The highest BCUT2D eigenvalue weighted by Gasteiger charge is 2.18. The second-order valence-electron chi connectivity index (χ2n) is 2.86. The fraction of sp³-hybridized carbons (Fsp3) is 0.625. The summed E-state index contributed by atoms with van der Waals surface area (Å²) in [5.41, 5.74) is 0. The first kappa shape index (κ1) is 12.6. The van der Waals surface area contributed by atoms with Gasteiger partial charge in [-0.1, -0.05) is 0 Å². The zero-order valence-electron chi connectivity index (χ0n) is 8.16. The smallest absolute Gasteiger partial charge is 0.321 e. The van der Waals surface area contributed by atoms with Crippen LogP contribution in [-0.4, -0.2) is 42.4 Å². The molecular formula is C8H14N2O4. The second-order valence-corrected chi connectivity index (χ2v) is 2.86. The van der Waals surface area contributed by atoms with E-state index in [9.17, 15) is 14.4 Å². The number of hydrogen-bond donors (Lipinski definition) is 3. The molecule has 1 atom stereocenters. The topological polar surface area (TPSA) is 95.5 Å². The van der Waals surface area contributed by atoms with Gasteiger partial charge in [-0.25, -0.2) is 0 Å². The Morgan fingerprint density at radius 1 is 1.36 bits per heavy atom. The Hall–Kier alpha value is -1.43. The number of carbonyl (C=O) groups excluding carboxylic acids is 2. The molecular weight excluding hydrogens is 188 g/mol. The largest absolute Gasteiger partial charge is 0.480 e. The number of aliphatic carboxylic acids is 1. The number of carbonyl (C=O) groups is 3. The van der Waals surface area contributed by atoms with Crippen molar-refractivity contribution in [3.63, 3.8) is 0 Å². The molecule has 0 fully saturated rings. The van der Waals surface area contributed by atoms with Crippen LogP contribution in [0.3, 0.4) is 0 Å². The second kappa shape index (κ2) is 6.09. The van der Waals surface area contributed by atoms with Crippen LogP contribution in [-0.2, 0) is 14.4 Å². The van der Waals surface area contributed by atoms with Crippen molar-refractivity contribution in [1.82, 2.24) is 10.6 Å². The van der Waals surface area contributed by atoms with Crippen molar-refractivity contribution >= 4 is 17.7 Å². The molecule has 0 aromatic rings. The number of carboxylic acid groups (broad SMARTS) is 1. The summed E-state index contributed by atoms with van der Waals surface area (Å²) in [6.07, 6.45) is -0.181. The van der Waals surface area contributed by atoms with Crippen LogP contribution in [0.25, 0.3) is 0 Å². The maximum absolute atomic E-state index is 11.1. The van der Waals surface area contributed by atoms with E-state index >= 15 is 0 Å². The summed E-state index contributed by atoms with van der Waals surface area (Å²) >= 11 is 0. The first-order valence-electron chi connectivity index (χ1n) is 4.13. The highest BCUT2D eigenvalue weighted by molar-refractivity contribution is 5.87. The van der Waals surface area contributed by atoms with Gasteiger partial charge in [0.1, 0.15) is 11.8 Å². The molecule has 1 amide bonds. The van der Waals surface area contributed by atoms with Gasteiger partial charge in [0.2, 0.25) is 5.91 Å². The zero-order chi connectivity index (χ0) is 11.1. The highest BCUT2D eigenvalue weighted by Crippen LogP contribution is 1.91. The predicted molar refractivity (Wildman–Crippen MR) is 48.8 cm³/mol. The lowest BCUT2D eigenvalue weighted by Gasteiger charge is -2.10. The van der Waals surface area contributed by atoms with Crippen molar-refractivity contribution in [2.45, 2.75) is 19.4 Å². The van der Waals surface area contributed by atoms with Crippen LogP contribution in [0, 0.1) is 0 Å². The van der Waals surface area contributed by atoms with E-state index in [2.05, 4.69) is 10.6 Å². The van der Waals surface area contributed by atoms with Crippen LogP contribution in [0.15, 0.2) is 0 Å². The molecule has 6 nitrogen and oxygen atoms in total. The van der Waals surface area contributed by atoms with Crippen molar-refractivity contribution in [3.05, 3.63) is 0 Å². The van der Waals surface area contributed by atoms with Crippen LogP contribution in [0.1, 0.15) is 13.3 Å². The lowest BCUT2D eigenvalue weighted by atomic mass is 10.2. The average molecular weight is 202 g/mol. The lowest BCUT2D eigenvalue weighted by Crippen LogP contribution is -2.40. The van der Waals surface area contributed by atoms with E-state index in [4.69, 9.17) is 5.11 Å². The maximum atomic E-state index is 11.1. The molecule has 0 bridgehead atoms. The first-order chi connectivity index (χ1) is 6.47. The first-order valence-corrected chi connectivity index (χ1v) is 4.13. The fourth-order valence-electron chi connectivity index (χ4n) is 0.793. The molecule has 3 N–H and O–H groups in total. The number of Topliss-reactive ketones (excluding diaryl/α,β-unsaturated/α-hetero) is 1. The van der Waals surface area contributed by atoms with Gasteiger partial charge in [0, 0.05) is 0 Å². The fourth-order valence-corrected chi connectivity index (χ4v) is 0.793. The molecule has 0 aliphatic heterocycles. The van der Waals surface area contributed by atoms with E-state index in [0.29, 0.717) is 0 Å². The van der Waals surface area contributed by atoms with Gasteiger partial charge in [0.25, 0.3) is 0 Å². The van der Waals surface area contributed by atoms with Gasteiger partial charge in [0.15, 0.2) is 0 Å². The van der Waals surface area contributed by atoms with E-state index in [1.165, 1.54) is 14.0 Å². The molecule has 0 aromatic heterocycles. The Balaban J connectivity index is 3.91. The number of nitrogens with one attached hydrogen (secondary N) is 2. The van der Waals surface area contributed by atoms with E-state index < -0.39 is 17.9 Å². The quantitative estimate of drug-likeness (QED) is 0.500. The highest BCUT2D eigenvalue weighted by atomic mass is 16.4. The molecule has 0 heterocycles. The summed E-state index contributed by atoms with van der Waals surface area (Å²) in [6, 6.07) is -0.915. The predicted octanol–water partition coefficient (Wildman–Crippen LogP) is -1.25. The number of likely N-dealkylation sites (N-methyl/N-ethyl adjacent to an activating group) is 1. The molecule has 6 heteroatoms. The van der Waals surface area contributed by atoms with Gasteiger partial charge in [-0.2, -0.15) is 0 Å². The molecule has 0 aliphatic rings. The Morgan fingerprint density at radius 2 is 1.93 bits per heavy atom. The molecule has 14 heavy (non-hydrogen) atoms. The Morgan fingerprint density at radius 3 is 2.29 bits per heavy atom. The summed E-state index contributed by atoms with van der Waals surface area (Å²) < 4.78 is 0. The average Bonchev–Trinajstić information content (AvgIpc) is 2.10. The minimum absolute atomic E-state index is 0.0606. The van der Waals surface area contributed by atoms with Gasteiger partial charge in [-0.3, -0.25) is 14.4 Å². The van der Waals surface area contributed by atoms with Crippen LogP contribution >= 0.6 is 0 Å². The molecule has 0 spiro atoms. The minimum atomic E-state index is -1.09. The molecule has 0 saturated carbocycles. The third kappa shape index (κ3) is 5.26. The van der Waals surface area contributed by atoms with E-state index in [0.717, 1.165) is 0 Å². The third-order valence-corrected chi connectivity index (χ3v) is 1.57. The van der Waals surface area contributed by atoms with Gasteiger partial charge in [0.05, 0.1) is 13.0 Å². The number of amides is 1. The molecule has 0 aliphatic carbocycles. The molecule has 0 radical (unpaired) electrons. The summed E-state index contributed by atoms with van der Waals surface area (Å²) in [5.74, 6) is -1.72. The zero-order valence-corrected chi connectivity index (χ0v) is 8.16. The molecule has 0 rings (SSSR count). The molecule has 0 saturated heterocycles. The van der Waals surface area contributed by atoms with Crippen molar-refractivity contribution in [2.24, 2.45) is 0 Å². The van der Waals surface area contributed by atoms with E-state index in [1.54, 1.807) is 0 Å². The molecule has 80 valence electrons. The molecule has 0 unspecified atom stereocenters. The monoisotopic (exact) mass is 202 g/mol. The van der Waals surface area contributed by atoms with Crippen molar-refractivity contribution < 1.29 is 19.5 Å². The van der Waals surface area contributed by atoms with Gasteiger partial charge in [-0.15, -0.1) is 0 Å². The number of hydrogen-bond acceptors (Lipinski definition) is 4. The van der Waals surface area contributed by atoms with Crippen molar-refractivity contribution in [1.29, 1.82) is 0 Å². The summed E-state index contributed by atoms with van der Waals surface area (Å²) in [6.45, 7) is 1.28. The number of carboxylic acids is 1. The Kier molecular flexibility index (Phi) is 5.47. The van der Waals surface area contributed by atoms with Gasteiger partial charge < -0.3 is 15.7 Å². The normalized spacial score (nSPS) is 11.9. The Labute approximate surface area is 81.7 Å².